The minimum Gasteiger partial charge on any atom is -0.493 e. The lowest BCUT2D eigenvalue weighted by atomic mass is 10.0. The molecule has 1 aliphatic heterocycles. The van der Waals surface area contributed by atoms with Gasteiger partial charge in [0.1, 0.15) is 0 Å². The minimum atomic E-state index is -0.296. The largest absolute Gasteiger partial charge is 0.493 e. The highest BCUT2D eigenvalue weighted by Crippen LogP contribution is 2.29. The number of hydrogen-bond acceptors (Lipinski definition) is 5. The summed E-state index contributed by atoms with van der Waals surface area (Å²) < 4.78 is 13.4. The fourth-order valence-corrected chi connectivity index (χ4v) is 5.19. The third-order valence-electron chi connectivity index (χ3n) is 5.71. The second-order valence-corrected chi connectivity index (χ2v) is 9.38. The summed E-state index contributed by atoms with van der Waals surface area (Å²) in [5.74, 6) is 1.29. The van der Waals surface area contributed by atoms with E-state index in [1.54, 1.807) is 11.7 Å². The molecule has 0 radical (unpaired) electrons. The van der Waals surface area contributed by atoms with Gasteiger partial charge in [0.15, 0.2) is 16.3 Å². The Morgan fingerprint density at radius 1 is 1.06 bits per heavy atom. The average Bonchev–Trinajstić information content (AvgIpc) is 3.20. The second kappa shape index (κ2) is 9.94. The van der Waals surface area contributed by atoms with Crippen molar-refractivity contribution in [2.75, 3.05) is 13.7 Å². The van der Waals surface area contributed by atoms with Crippen LogP contribution in [0.5, 0.6) is 11.5 Å². The lowest BCUT2D eigenvalue weighted by molar-refractivity contribution is 0.311. The number of fused-ring (bicyclic) bond motifs is 1. The van der Waals surface area contributed by atoms with E-state index in [2.05, 4.69) is 0 Å². The molecule has 0 saturated carbocycles. The van der Waals surface area contributed by atoms with Crippen molar-refractivity contribution in [2.24, 2.45) is 4.99 Å². The smallest absolute Gasteiger partial charge is 0.271 e. The van der Waals surface area contributed by atoms with Gasteiger partial charge in [-0.15, -0.1) is 0 Å². The van der Waals surface area contributed by atoms with Crippen LogP contribution in [0.25, 0.3) is 11.8 Å². The van der Waals surface area contributed by atoms with E-state index < -0.39 is 0 Å². The predicted octanol–water partition coefficient (Wildman–Crippen LogP) is 5.06. The Hall–Kier alpha value is -3.61. The van der Waals surface area contributed by atoms with Gasteiger partial charge in [0.2, 0.25) is 0 Å². The topological polar surface area (TPSA) is 52.8 Å². The number of allylic oxidation sites excluding steroid dienone is 1. The summed E-state index contributed by atoms with van der Waals surface area (Å²) >= 11 is 7.51. The van der Waals surface area contributed by atoms with Crippen molar-refractivity contribution in [3.8, 4) is 11.5 Å². The van der Waals surface area contributed by atoms with Gasteiger partial charge in [-0.3, -0.25) is 9.36 Å². The van der Waals surface area contributed by atoms with Crippen LogP contribution < -0.4 is 24.4 Å². The summed E-state index contributed by atoms with van der Waals surface area (Å²) in [4.78, 5) is 19.1. The van der Waals surface area contributed by atoms with E-state index >= 15 is 0 Å². The Balaban J connectivity index is 1.67. The molecule has 0 bridgehead atoms. The maximum absolute atomic E-state index is 13.6. The average molecular weight is 503 g/mol. The van der Waals surface area contributed by atoms with E-state index in [4.69, 9.17) is 26.1 Å². The molecular weight excluding hydrogens is 480 g/mol. The molecule has 0 spiro atoms. The van der Waals surface area contributed by atoms with Crippen molar-refractivity contribution < 1.29 is 9.47 Å². The van der Waals surface area contributed by atoms with Crippen LogP contribution in [0, 0.1) is 0 Å². The van der Waals surface area contributed by atoms with E-state index in [-0.39, 0.29) is 11.6 Å². The summed E-state index contributed by atoms with van der Waals surface area (Å²) in [7, 11) is 1.60. The van der Waals surface area contributed by atoms with Gasteiger partial charge in [-0.25, -0.2) is 4.99 Å². The van der Waals surface area contributed by atoms with Gasteiger partial charge in [-0.05, 0) is 60.0 Å². The number of halogens is 1. The summed E-state index contributed by atoms with van der Waals surface area (Å²) in [6.07, 6.45) is 3.90. The fourth-order valence-electron chi connectivity index (χ4n) is 4.05. The van der Waals surface area contributed by atoms with Crippen molar-refractivity contribution in [2.45, 2.75) is 13.0 Å². The number of nitrogens with zero attached hydrogens (tertiary/aromatic N) is 2. The molecule has 0 saturated heterocycles. The molecule has 0 amide bonds. The molecule has 0 fully saturated rings. The zero-order valence-corrected chi connectivity index (χ0v) is 20.8. The first-order valence-electron chi connectivity index (χ1n) is 11.2. The third kappa shape index (κ3) is 4.67. The normalized spacial score (nSPS) is 15.2. The Morgan fingerprint density at radius 3 is 2.54 bits per heavy atom. The van der Waals surface area contributed by atoms with Gasteiger partial charge in [-0.2, -0.15) is 0 Å². The number of hydrogen-bond donors (Lipinski definition) is 0. The van der Waals surface area contributed by atoms with Crippen molar-refractivity contribution in [3.05, 3.63) is 120 Å². The number of aromatic nitrogens is 1. The van der Waals surface area contributed by atoms with Crippen molar-refractivity contribution in [1.82, 2.24) is 4.57 Å². The third-order valence-corrected chi connectivity index (χ3v) is 6.95. The first kappa shape index (κ1) is 23.1. The molecule has 2 heterocycles. The number of thiazole rings is 1. The van der Waals surface area contributed by atoms with Crippen molar-refractivity contribution >= 4 is 34.7 Å². The maximum atomic E-state index is 13.6. The standard InChI is InChI=1S/C28H23ClN2O3S/c1-3-34-24-14-9-18(15-25(24)33-2)16-26-27(32)31-23(20-10-12-21(29)13-11-20)17-22(30-28(31)35-26)19-7-5-4-6-8-19/h4-17,23H,3H2,1-2H3. The highest BCUT2D eigenvalue weighted by Gasteiger charge is 2.22. The molecule has 5 rings (SSSR count). The Labute approximate surface area is 211 Å². The molecule has 0 N–H and O–H groups in total. The zero-order chi connectivity index (χ0) is 24.4. The SMILES string of the molecule is CCOc1ccc(C=c2sc3n(c2=O)C(c2ccc(Cl)cc2)C=C(c2ccccc2)N=3)cc1OC. The van der Waals surface area contributed by atoms with E-state index in [0.29, 0.717) is 32.5 Å². The molecule has 1 atom stereocenters. The van der Waals surface area contributed by atoms with Crippen LogP contribution in [0.1, 0.15) is 29.7 Å². The predicted molar refractivity (Wildman–Crippen MR) is 141 cm³/mol. The fraction of sp³-hybridized carbons (Fsp3) is 0.143. The van der Waals surface area contributed by atoms with E-state index in [0.717, 1.165) is 22.4 Å². The van der Waals surface area contributed by atoms with Crippen molar-refractivity contribution in [3.63, 3.8) is 0 Å². The molecule has 4 aromatic rings. The number of benzene rings is 3. The van der Waals surface area contributed by atoms with Crippen LogP contribution >= 0.6 is 22.9 Å². The summed E-state index contributed by atoms with van der Waals surface area (Å²) in [6.45, 7) is 2.47. The minimum absolute atomic E-state index is 0.0927. The van der Waals surface area contributed by atoms with Crippen LogP contribution in [-0.2, 0) is 0 Å². The van der Waals surface area contributed by atoms with Gasteiger partial charge >= 0.3 is 0 Å². The quantitative estimate of drug-likeness (QED) is 0.370. The van der Waals surface area contributed by atoms with Gasteiger partial charge in [-0.1, -0.05) is 71.5 Å². The molecule has 3 aromatic carbocycles. The maximum Gasteiger partial charge on any atom is 0.271 e. The molecule has 35 heavy (non-hydrogen) atoms. The summed E-state index contributed by atoms with van der Waals surface area (Å²) in [6, 6.07) is 22.9. The van der Waals surface area contributed by atoms with E-state index in [1.165, 1.54) is 11.3 Å². The van der Waals surface area contributed by atoms with Crippen LogP contribution in [0.3, 0.4) is 0 Å². The van der Waals surface area contributed by atoms with Crippen LogP contribution in [0.4, 0.5) is 0 Å². The molecule has 176 valence electrons. The lowest BCUT2D eigenvalue weighted by Gasteiger charge is -2.19. The summed E-state index contributed by atoms with van der Waals surface area (Å²) in [5.41, 5.74) is 3.56. The zero-order valence-electron chi connectivity index (χ0n) is 19.3. The molecule has 7 heteroatoms. The monoisotopic (exact) mass is 502 g/mol. The molecule has 1 aromatic heterocycles. The second-order valence-electron chi connectivity index (χ2n) is 7.94. The molecule has 5 nitrogen and oxygen atoms in total. The Bertz CT molecular complexity index is 1570. The van der Waals surface area contributed by atoms with Crippen molar-refractivity contribution in [1.29, 1.82) is 0 Å². The Kier molecular flexibility index (Phi) is 6.57. The van der Waals surface area contributed by atoms with Gasteiger partial charge in [0, 0.05) is 5.02 Å². The van der Waals surface area contributed by atoms with Crippen LogP contribution in [0.15, 0.2) is 88.7 Å². The molecule has 0 aliphatic carbocycles. The highest BCUT2D eigenvalue weighted by atomic mass is 35.5. The van der Waals surface area contributed by atoms with Gasteiger partial charge < -0.3 is 9.47 Å². The molecule has 1 aliphatic rings. The number of rotatable bonds is 6. The first-order valence-corrected chi connectivity index (χ1v) is 12.4. The van der Waals surface area contributed by atoms with E-state index in [9.17, 15) is 4.79 Å². The lowest BCUT2D eigenvalue weighted by Crippen LogP contribution is -2.36. The molecule has 1 unspecified atom stereocenters. The number of ether oxygens (including phenoxy) is 2. The highest BCUT2D eigenvalue weighted by molar-refractivity contribution is 7.07. The Morgan fingerprint density at radius 2 is 1.83 bits per heavy atom. The van der Waals surface area contributed by atoms with Crippen LogP contribution in [-0.4, -0.2) is 18.3 Å². The van der Waals surface area contributed by atoms with Gasteiger partial charge in [0.05, 0.1) is 30.0 Å². The van der Waals surface area contributed by atoms with E-state index in [1.807, 2.05) is 91.9 Å². The molecular formula is C28H23ClN2O3S. The van der Waals surface area contributed by atoms with Gasteiger partial charge in [0.25, 0.3) is 5.56 Å². The van der Waals surface area contributed by atoms with Crippen LogP contribution in [0.2, 0.25) is 5.02 Å². The number of methoxy groups -OCH3 is 1. The first-order chi connectivity index (χ1) is 17.1. The summed E-state index contributed by atoms with van der Waals surface area (Å²) in [5, 5.41) is 0.651.